The number of fused-ring (bicyclic) bond motifs is 3. The first-order valence-corrected chi connectivity index (χ1v) is 11.6. The molecular formula is C20H24N5O5P. The zero-order valence-corrected chi connectivity index (χ0v) is 18.7. The molecule has 31 heavy (non-hydrogen) atoms. The maximum absolute atomic E-state index is 13.9. The van der Waals surface area contributed by atoms with Crippen LogP contribution in [-0.2, 0) is 23.1 Å². The number of nitrogens with zero attached hydrogens (tertiary/aromatic N) is 5. The number of benzene rings is 1. The molecular weight excluding hydrogens is 421 g/mol. The minimum atomic E-state index is -4.01. The van der Waals surface area contributed by atoms with Crippen LogP contribution in [0.15, 0.2) is 24.3 Å². The number of hydrogen-bond acceptors (Lipinski definition) is 9. The highest BCUT2D eigenvalue weighted by atomic mass is 31.2. The summed E-state index contributed by atoms with van der Waals surface area (Å²) < 4.78 is 31.6. The molecule has 3 aromatic rings. The van der Waals surface area contributed by atoms with Crippen LogP contribution in [0.2, 0.25) is 0 Å². The topological polar surface area (TPSA) is 129 Å². The highest BCUT2D eigenvalue weighted by Crippen LogP contribution is 2.64. The Labute approximate surface area is 179 Å². The van der Waals surface area contributed by atoms with Gasteiger partial charge in [-0.1, -0.05) is 12.1 Å². The number of carbonyl (C=O) groups excluding carboxylic acids is 1. The summed E-state index contributed by atoms with van der Waals surface area (Å²) in [6.45, 7) is 7.04. The minimum absolute atomic E-state index is 0.0581. The Hall–Kier alpha value is -2.86. The lowest BCUT2D eigenvalue weighted by molar-refractivity contribution is -0.146. The van der Waals surface area contributed by atoms with Crippen LogP contribution >= 0.6 is 7.60 Å². The number of pyridine rings is 1. The number of esters is 1. The van der Waals surface area contributed by atoms with Gasteiger partial charge < -0.3 is 13.8 Å². The van der Waals surface area contributed by atoms with E-state index in [4.69, 9.17) is 13.8 Å². The molecule has 2 atom stereocenters. The maximum Gasteiger partial charge on any atom is 0.340 e. The van der Waals surface area contributed by atoms with Gasteiger partial charge in [-0.25, -0.2) is 0 Å². The van der Waals surface area contributed by atoms with Crippen LogP contribution in [0.4, 0.5) is 0 Å². The van der Waals surface area contributed by atoms with Crippen molar-refractivity contribution in [2.75, 3.05) is 19.8 Å². The van der Waals surface area contributed by atoms with Crippen LogP contribution in [0.25, 0.3) is 16.6 Å². The third kappa shape index (κ3) is 4.17. The van der Waals surface area contributed by atoms with Crippen LogP contribution in [0.5, 0.6) is 0 Å². The summed E-state index contributed by atoms with van der Waals surface area (Å²) in [5, 5.41) is 22.6. The SMILES string of the molecule is CCOC(=O)C(C#N)C(c1cc2c(C)cccc2n2nnnc12)P(=O)(OCC)OCC. The molecule has 0 radical (unpaired) electrons. The Morgan fingerprint density at radius 3 is 2.55 bits per heavy atom. The molecule has 0 N–H and O–H groups in total. The molecule has 2 heterocycles. The molecule has 11 heteroatoms. The monoisotopic (exact) mass is 445 g/mol. The predicted molar refractivity (Wildman–Crippen MR) is 112 cm³/mol. The van der Waals surface area contributed by atoms with E-state index >= 15 is 0 Å². The fourth-order valence-electron chi connectivity index (χ4n) is 3.58. The van der Waals surface area contributed by atoms with Crippen molar-refractivity contribution in [3.63, 3.8) is 0 Å². The van der Waals surface area contributed by atoms with Crippen molar-refractivity contribution in [3.8, 4) is 6.07 Å². The smallest absolute Gasteiger partial charge is 0.340 e. The van der Waals surface area contributed by atoms with Gasteiger partial charge in [-0.05, 0) is 55.8 Å². The van der Waals surface area contributed by atoms with Gasteiger partial charge in [0.1, 0.15) is 5.66 Å². The van der Waals surface area contributed by atoms with Crippen LogP contribution < -0.4 is 0 Å². The van der Waals surface area contributed by atoms with E-state index in [0.717, 1.165) is 16.5 Å². The first kappa shape index (κ1) is 22.8. The zero-order valence-electron chi connectivity index (χ0n) is 17.8. The largest absolute Gasteiger partial charge is 0.465 e. The van der Waals surface area contributed by atoms with Gasteiger partial charge in [0.25, 0.3) is 0 Å². The van der Waals surface area contributed by atoms with Crippen molar-refractivity contribution in [2.45, 2.75) is 33.4 Å². The van der Waals surface area contributed by atoms with Crippen molar-refractivity contribution in [2.24, 2.45) is 5.92 Å². The number of aryl methyl sites for hydroxylation is 1. The van der Waals surface area contributed by atoms with Crippen molar-refractivity contribution in [1.82, 2.24) is 20.0 Å². The summed E-state index contributed by atoms with van der Waals surface area (Å²) in [4.78, 5) is 12.7. The lowest BCUT2D eigenvalue weighted by Crippen LogP contribution is -2.25. The molecule has 0 amide bonds. The molecule has 0 aliphatic heterocycles. The van der Waals surface area contributed by atoms with E-state index in [1.54, 1.807) is 26.8 Å². The van der Waals surface area contributed by atoms with E-state index in [2.05, 4.69) is 15.5 Å². The molecule has 2 unspecified atom stereocenters. The molecule has 0 spiro atoms. The second-order valence-corrected chi connectivity index (χ2v) is 8.85. The highest BCUT2D eigenvalue weighted by Gasteiger charge is 2.48. The second kappa shape index (κ2) is 9.52. The summed E-state index contributed by atoms with van der Waals surface area (Å²) in [7, 11) is -4.01. The molecule has 2 aromatic heterocycles. The van der Waals surface area contributed by atoms with Gasteiger partial charge in [-0.3, -0.25) is 9.36 Å². The van der Waals surface area contributed by atoms with Crippen molar-refractivity contribution >= 4 is 30.1 Å². The Kier molecular flexibility index (Phi) is 7.01. The van der Waals surface area contributed by atoms with Gasteiger partial charge in [0.05, 0.1) is 31.4 Å². The lowest BCUT2D eigenvalue weighted by atomic mass is 9.98. The Bertz CT molecular complexity index is 1180. The number of nitriles is 1. The molecule has 0 saturated carbocycles. The number of hydrogen-bond donors (Lipinski definition) is 0. The van der Waals surface area contributed by atoms with E-state index in [-0.39, 0.29) is 25.5 Å². The van der Waals surface area contributed by atoms with Gasteiger partial charge in [-0.15, -0.1) is 5.10 Å². The lowest BCUT2D eigenvalue weighted by Gasteiger charge is -2.29. The molecule has 0 aliphatic carbocycles. The number of carbonyl (C=O) groups is 1. The van der Waals surface area contributed by atoms with Gasteiger partial charge in [-0.2, -0.15) is 9.78 Å². The summed E-state index contributed by atoms with van der Waals surface area (Å²) >= 11 is 0. The summed E-state index contributed by atoms with van der Waals surface area (Å²) in [5.74, 6) is -2.27. The van der Waals surface area contributed by atoms with Crippen molar-refractivity contribution in [1.29, 1.82) is 5.26 Å². The summed E-state index contributed by atoms with van der Waals surface area (Å²) in [6, 6.07) is 9.32. The van der Waals surface area contributed by atoms with E-state index in [1.165, 1.54) is 4.52 Å². The van der Waals surface area contributed by atoms with Crippen LogP contribution in [0.3, 0.4) is 0 Å². The maximum atomic E-state index is 13.9. The van der Waals surface area contributed by atoms with E-state index in [1.807, 2.05) is 31.2 Å². The average molecular weight is 445 g/mol. The van der Waals surface area contributed by atoms with Crippen molar-refractivity contribution in [3.05, 3.63) is 35.4 Å². The third-order valence-electron chi connectivity index (χ3n) is 4.83. The van der Waals surface area contributed by atoms with Crippen molar-refractivity contribution < 1.29 is 23.1 Å². The number of tetrazole rings is 1. The predicted octanol–water partition coefficient (Wildman–Crippen LogP) is 3.60. The molecule has 0 bridgehead atoms. The molecule has 10 nitrogen and oxygen atoms in total. The number of rotatable bonds is 9. The van der Waals surface area contributed by atoms with Crippen LogP contribution in [0.1, 0.15) is 37.6 Å². The third-order valence-corrected chi connectivity index (χ3v) is 7.32. The first-order valence-electron chi connectivity index (χ1n) is 9.97. The van der Waals surface area contributed by atoms with Gasteiger partial charge in [0.15, 0.2) is 11.6 Å². The fraction of sp³-hybridized carbons (Fsp3) is 0.450. The minimum Gasteiger partial charge on any atom is -0.465 e. The Balaban J connectivity index is 2.38. The quantitative estimate of drug-likeness (QED) is 0.358. The molecule has 1 aromatic carbocycles. The fourth-order valence-corrected chi connectivity index (χ4v) is 5.78. The molecule has 164 valence electrons. The molecule has 0 fully saturated rings. The van der Waals surface area contributed by atoms with Crippen LogP contribution in [0, 0.1) is 24.2 Å². The first-order chi connectivity index (χ1) is 14.9. The second-order valence-electron chi connectivity index (χ2n) is 6.70. The van der Waals surface area contributed by atoms with Gasteiger partial charge in [0, 0.05) is 10.9 Å². The van der Waals surface area contributed by atoms with E-state index < -0.39 is 25.1 Å². The number of ether oxygens (including phenoxy) is 1. The Morgan fingerprint density at radius 2 is 1.94 bits per heavy atom. The molecule has 0 aliphatic rings. The zero-order chi connectivity index (χ0) is 22.6. The van der Waals surface area contributed by atoms with Crippen LogP contribution in [-0.4, -0.2) is 45.8 Å². The summed E-state index contributed by atoms with van der Waals surface area (Å²) in [6.07, 6.45) is 0. The van der Waals surface area contributed by atoms with Gasteiger partial charge >= 0.3 is 13.6 Å². The molecule has 3 rings (SSSR count). The standard InChI is InChI=1S/C20H24N5O5P/c1-5-28-20(26)16(12-21)18(31(27,29-6-2)30-7-3)15-11-14-13(4)9-8-10-17(14)25-19(15)22-23-24-25/h8-11,16,18H,5-7H2,1-4H3. The van der Waals surface area contributed by atoms with E-state index in [0.29, 0.717) is 5.56 Å². The molecule has 0 saturated heterocycles. The normalized spacial score (nSPS) is 13.8. The number of aromatic nitrogens is 4. The van der Waals surface area contributed by atoms with E-state index in [9.17, 15) is 14.6 Å². The highest BCUT2D eigenvalue weighted by molar-refractivity contribution is 7.54. The average Bonchev–Trinajstić information content (AvgIpc) is 3.23. The van der Waals surface area contributed by atoms with Gasteiger partial charge in [0.2, 0.25) is 0 Å². The Morgan fingerprint density at radius 1 is 1.23 bits per heavy atom. The summed E-state index contributed by atoms with van der Waals surface area (Å²) in [5.41, 5.74) is 0.940.